The second-order valence-corrected chi connectivity index (χ2v) is 7.43. The van der Waals surface area contributed by atoms with E-state index >= 15 is 0 Å². The Morgan fingerprint density at radius 1 is 1.14 bits per heavy atom. The van der Waals surface area contributed by atoms with Crippen LogP contribution in [0, 0.1) is 5.92 Å². The van der Waals surface area contributed by atoms with Crippen molar-refractivity contribution in [3.8, 4) is 5.75 Å². The molecule has 1 fully saturated rings. The average Bonchev–Trinajstić information content (AvgIpc) is 3.48. The molecule has 0 spiro atoms. The monoisotopic (exact) mass is 391 g/mol. The highest BCUT2D eigenvalue weighted by molar-refractivity contribution is 5.79. The lowest BCUT2D eigenvalue weighted by Gasteiger charge is -2.12. The summed E-state index contributed by atoms with van der Waals surface area (Å²) in [5.74, 6) is 3.47. The molecule has 1 saturated carbocycles. The number of ether oxygens (including phenoxy) is 1. The third-order valence-corrected chi connectivity index (χ3v) is 4.99. The number of aromatic nitrogens is 2. The van der Waals surface area contributed by atoms with Crippen molar-refractivity contribution in [1.29, 1.82) is 0 Å². The number of hydrogen-bond donors (Lipinski definition) is 3. The van der Waals surface area contributed by atoms with Crippen molar-refractivity contribution >= 4 is 17.0 Å². The molecule has 0 unspecified atom stereocenters. The number of benzene rings is 2. The van der Waals surface area contributed by atoms with Gasteiger partial charge in [-0.25, -0.2) is 9.98 Å². The number of H-pyrrole nitrogens is 1. The van der Waals surface area contributed by atoms with Gasteiger partial charge in [-0.1, -0.05) is 30.3 Å². The molecule has 29 heavy (non-hydrogen) atoms. The van der Waals surface area contributed by atoms with Crippen molar-refractivity contribution in [2.45, 2.75) is 32.7 Å². The highest BCUT2D eigenvalue weighted by atomic mass is 16.5. The second-order valence-electron chi connectivity index (χ2n) is 7.43. The van der Waals surface area contributed by atoms with Gasteiger partial charge < -0.3 is 20.4 Å². The van der Waals surface area contributed by atoms with Crippen molar-refractivity contribution in [3.05, 3.63) is 59.9 Å². The lowest BCUT2D eigenvalue weighted by Crippen LogP contribution is -2.38. The van der Waals surface area contributed by atoms with Gasteiger partial charge in [0.2, 0.25) is 0 Å². The minimum absolute atomic E-state index is 0.584. The molecular formula is C23H29N5O. The normalized spacial score (nSPS) is 14.2. The number of hydrogen-bond acceptors (Lipinski definition) is 3. The number of aliphatic imine (C=N–C) groups is 1. The minimum atomic E-state index is 0.584. The van der Waals surface area contributed by atoms with E-state index < -0.39 is 0 Å². The molecule has 6 heteroatoms. The van der Waals surface area contributed by atoms with Crippen LogP contribution in [0.1, 0.15) is 31.2 Å². The fourth-order valence-corrected chi connectivity index (χ4v) is 3.20. The van der Waals surface area contributed by atoms with Gasteiger partial charge >= 0.3 is 0 Å². The van der Waals surface area contributed by atoms with E-state index in [1.165, 1.54) is 12.8 Å². The van der Waals surface area contributed by atoms with Crippen molar-refractivity contribution in [3.63, 3.8) is 0 Å². The molecule has 0 aliphatic heterocycles. The van der Waals surface area contributed by atoms with Crippen LogP contribution in [0.4, 0.5) is 0 Å². The Bertz CT molecular complexity index is 928. The van der Waals surface area contributed by atoms with Gasteiger partial charge in [-0.05, 0) is 43.9 Å². The summed E-state index contributed by atoms with van der Waals surface area (Å²) < 4.78 is 6.00. The molecule has 0 saturated heterocycles. The van der Waals surface area contributed by atoms with Crippen molar-refractivity contribution < 1.29 is 4.74 Å². The van der Waals surface area contributed by atoms with Gasteiger partial charge in [-0.3, -0.25) is 0 Å². The number of aromatic amines is 1. The summed E-state index contributed by atoms with van der Waals surface area (Å²) in [7, 11) is 0. The van der Waals surface area contributed by atoms with E-state index in [1.807, 2.05) is 42.5 Å². The third kappa shape index (κ3) is 5.50. The van der Waals surface area contributed by atoms with Crippen molar-refractivity contribution in [1.82, 2.24) is 20.6 Å². The maximum atomic E-state index is 6.00. The topological polar surface area (TPSA) is 74.3 Å². The Balaban J connectivity index is 1.33. The van der Waals surface area contributed by atoms with Crippen LogP contribution in [0.15, 0.2) is 53.5 Å². The molecule has 1 aliphatic carbocycles. The first-order valence-electron chi connectivity index (χ1n) is 10.5. The Labute approximate surface area is 171 Å². The van der Waals surface area contributed by atoms with E-state index in [4.69, 9.17) is 9.73 Å². The minimum Gasteiger partial charge on any atom is -0.493 e. The molecule has 6 nitrogen and oxygen atoms in total. The van der Waals surface area contributed by atoms with Crippen LogP contribution in [0.3, 0.4) is 0 Å². The van der Waals surface area contributed by atoms with Crippen molar-refractivity contribution in [2.24, 2.45) is 10.9 Å². The second kappa shape index (κ2) is 9.45. The summed E-state index contributed by atoms with van der Waals surface area (Å²) in [4.78, 5) is 12.7. The maximum Gasteiger partial charge on any atom is 0.191 e. The van der Waals surface area contributed by atoms with Gasteiger partial charge in [0.25, 0.3) is 0 Å². The van der Waals surface area contributed by atoms with Crippen LogP contribution in [0.5, 0.6) is 5.75 Å². The number of guanidine groups is 1. The summed E-state index contributed by atoms with van der Waals surface area (Å²) in [6.07, 6.45) is 3.39. The van der Waals surface area contributed by atoms with Crippen LogP contribution in [0.25, 0.3) is 11.0 Å². The van der Waals surface area contributed by atoms with Gasteiger partial charge in [0, 0.05) is 25.1 Å². The van der Waals surface area contributed by atoms with Crippen LogP contribution in [-0.4, -0.2) is 35.6 Å². The molecule has 0 bridgehead atoms. The first-order chi connectivity index (χ1) is 14.3. The zero-order valence-corrected chi connectivity index (χ0v) is 16.9. The van der Waals surface area contributed by atoms with Gasteiger partial charge in [0.05, 0.1) is 24.2 Å². The number of rotatable bonds is 9. The Morgan fingerprint density at radius 2 is 1.97 bits per heavy atom. The molecule has 0 atom stereocenters. The molecule has 3 N–H and O–H groups in total. The molecule has 0 amide bonds. The smallest absolute Gasteiger partial charge is 0.191 e. The summed E-state index contributed by atoms with van der Waals surface area (Å²) in [6, 6.07) is 16.3. The highest BCUT2D eigenvalue weighted by Crippen LogP contribution is 2.30. The van der Waals surface area contributed by atoms with E-state index in [-0.39, 0.29) is 0 Å². The molecule has 152 valence electrons. The zero-order valence-electron chi connectivity index (χ0n) is 16.9. The lowest BCUT2D eigenvalue weighted by atomic mass is 10.2. The Kier molecular flexibility index (Phi) is 6.29. The van der Waals surface area contributed by atoms with E-state index in [0.717, 1.165) is 66.2 Å². The maximum absolute atomic E-state index is 6.00. The van der Waals surface area contributed by atoms with Crippen LogP contribution in [-0.2, 0) is 13.0 Å². The fraction of sp³-hybridized carbons (Fsp3) is 0.391. The van der Waals surface area contributed by atoms with E-state index in [2.05, 4.69) is 33.6 Å². The number of imidazole rings is 1. The summed E-state index contributed by atoms with van der Waals surface area (Å²) >= 11 is 0. The van der Waals surface area contributed by atoms with Crippen LogP contribution in [0.2, 0.25) is 0 Å². The van der Waals surface area contributed by atoms with Crippen LogP contribution >= 0.6 is 0 Å². The fourth-order valence-electron chi connectivity index (χ4n) is 3.20. The van der Waals surface area contributed by atoms with E-state index in [9.17, 15) is 0 Å². The molecule has 0 radical (unpaired) electrons. The average molecular weight is 392 g/mol. The summed E-state index contributed by atoms with van der Waals surface area (Å²) in [6.45, 7) is 5.04. The number of fused-ring (bicyclic) bond motifs is 1. The molecule has 1 heterocycles. The molecular weight excluding hydrogens is 362 g/mol. The molecule has 2 aromatic carbocycles. The van der Waals surface area contributed by atoms with Gasteiger partial charge in [-0.2, -0.15) is 0 Å². The van der Waals surface area contributed by atoms with Gasteiger partial charge in [0.1, 0.15) is 11.6 Å². The number of para-hydroxylation sites is 3. The standard InChI is InChI=1S/C23H29N5O/c1-2-24-23(25-14-13-22-27-19-8-4-5-9-20(19)28-22)26-15-18-7-3-6-10-21(18)29-16-17-11-12-17/h3-10,17H,2,11-16H2,1H3,(H,27,28)(H2,24,25,26). The van der Waals surface area contributed by atoms with Crippen molar-refractivity contribution in [2.75, 3.05) is 19.7 Å². The number of nitrogens with zero attached hydrogens (tertiary/aromatic N) is 2. The quantitative estimate of drug-likeness (QED) is 0.384. The highest BCUT2D eigenvalue weighted by Gasteiger charge is 2.22. The SMILES string of the molecule is CCNC(=NCc1ccccc1OCC1CC1)NCCc1nc2ccccc2[nH]1. The first kappa shape index (κ1) is 19.3. The zero-order chi connectivity index (χ0) is 19.9. The van der Waals surface area contributed by atoms with Crippen LogP contribution < -0.4 is 15.4 Å². The summed E-state index contributed by atoms with van der Waals surface area (Å²) in [5, 5.41) is 6.71. The predicted molar refractivity (Wildman–Crippen MR) is 117 cm³/mol. The van der Waals surface area contributed by atoms with E-state index in [0.29, 0.717) is 6.54 Å². The predicted octanol–water partition coefficient (Wildman–Crippen LogP) is 3.65. The summed E-state index contributed by atoms with van der Waals surface area (Å²) in [5.41, 5.74) is 3.19. The molecule has 4 rings (SSSR count). The van der Waals surface area contributed by atoms with E-state index in [1.54, 1.807) is 0 Å². The Hall–Kier alpha value is -3.02. The molecule has 1 aromatic heterocycles. The third-order valence-electron chi connectivity index (χ3n) is 4.99. The van der Waals surface area contributed by atoms with Gasteiger partial charge in [-0.15, -0.1) is 0 Å². The number of nitrogens with one attached hydrogen (secondary N) is 3. The first-order valence-corrected chi connectivity index (χ1v) is 10.5. The lowest BCUT2D eigenvalue weighted by molar-refractivity contribution is 0.297. The molecule has 3 aromatic rings. The Morgan fingerprint density at radius 3 is 2.79 bits per heavy atom. The van der Waals surface area contributed by atoms with Gasteiger partial charge in [0.15, 0.2) is 5.96 Å². The molecule has 1 aliphatic rings. The largest absolute Gasteiger partial charge is 0.493 e.